The highest BCUT2D eigenvalue weighted by atomic mass is 32.2. The molecule has 42 heavy (non-hydrogen) atoms. The molecule has 0 radical (unpaired) electrons. The minimum atomic E-state index is -0.853. The van der Waals surface area contributed by atoms with Gasteiger partial charge in [-0.1, -0.05) is 49.7 Å². The molecule has 2 aliphatic rings. The lowest BCUT2D eigenvalue weighted by molar-refractivity contribution is -0.000457. The van der Waals surface area contributed by atoms with Crippen molar-refractivity contribution in [3.05, 3.63) is 88.5 Å². The Labute approximate surface area is 255 Å². The topological polar surface area (TPSA) is 38.7 Å². The first-order valence-electron chi connectivity index (χ1n) is 15.6. The van der Waals surface area contributed by atoms with Crippen molar-refractivity contribution in [2.75, 3.05) is 12.4 Å². The molecule has 2 atom stereocenters. The van der Waals surface area contributed by atoms with E-state index in [-0.39, 0.29) is 12.8 Å². The van der Waals surface area contributed by atoms with Crippen molar-refractivity contribution in [3.8, 4) is 11.5 Å². The zero-order valence-corrected chi connectivity index (χ0v) is 26.3. The van der Waals surface area contributed by atoms with E-state index in [1.807, 2.05) is 23.9 Å². The molecule has 0 amide bonds. The number of fused-ring (bicyclic) bond motifs is 1. The van der Waals surface area contributed by atoms with E-state index < -0.39 is 6.29 Å². The SMILES string of the molecule is CCc1cc(C)ccc1C1=C(c2ccc(OC3CCC(C(C)CCCF)CC3)cc2)c2ccc(OC(C)O)cc2SC1. The van der Waals surface area contributed by atoms with Crippen molar-refractivity contribution < 1.29 is 19.0 Å². The molecule has 1 N–H and O–H groups in total. The molecule has 3 aromatic carbocycles. The standard InChI is InChI=1S/C37H45FO3S/c1-5-27-21-24(2)8-18-33(27)35-23-42-36-22-32(40-26(4)39)17-19-34(36)37(35)29-11-15-31(16-12-29)41-30-13-9-28(10-14-30)25(3)7-6-20-38/h8,11-12,15-19,21-22,25-26,28,30,39H,5-7,9-10,13-14,20,23H2,1-4H3. The number of aryl methyl sites for hydroxylation is 2. The minimum absolute atomic E-state index is 0.204. The van der Waals surface area contributed by atoms with Crippen LogP contribution in [0.3, 0.4) is 0 Å². The summed E-state index contributed by atoms with van der Waals surface area (Å²) in [6.07, 6.45) is 6.51. The number of ether oxygens (including phenoxy) is 2. The average Bonchev–Trinajstić information content (AvgIpc) is 2.99. The second-order valence-corrected chi connectivity index (χ2v) is 13.0. The summed E-state index contributed by atoms with van der Waals surface area (Å²) in [6, 6.07) is 21.6. The highest BCUT2D eigenvalue weighted by Gasteiger charge is 2.27. The molecule has 1 saturated carbocycles. The summed E-state index contributed by atoms with van der Waals surface area (Å²) in [7, 11) is 0. The fourth-order valence-electron chi connectivity index (χ4n) is 6.64. The Kier molecular flexibility index (Phi) is 10.3. The van der Waals surface area contributed by atoms with Crippen molar-refractivity contribution >= 4 is 22.9 Å². The van der Waals surface area contributed by atoms with Gasteiger partial charge >= 0.3 is 0 Å². The molecule has 1 heterocycles. The summed E-state index contributed by atoms with van der Waals surface area (Å²) in [5.74, 6) is 3.75. The van der Waals surface area contributed by atoms with Crippen LogP contribution in [0.2, 0.25) is 0 Å². The number of aliphatic hydroxyl groups is 1. The maximum absolute atomic E-state index is 12.6. The molecule has 1 aliphatic heterocycles. The van der Waals surface area contributed by atoms with Crippen LogP contribution in [0.4, 0.5) is 4.39 Å². The highest BCUT2D eigenvalue weighted by Crippen LogP contribution is 2.46. The number of rotatable bonds is 11. The lowest BCUT2D eigenvalue weighted by atomic mass is 9.78. The Balaban J connectivity index is 1.41. The van der Waals surface area contributed by atoms with Crippen LogP contribution in [0.25, 0.3) is 11.1 Å². The van der Waals surface area contributed by atoms with E-state index in [4.69, 9.17) is 9.47 Å². The molecule has 0 spiro atoms. The Morgan fingerprint density at radius 2 is 1.64 bits per heavy atom. The quantitative estimate of drug-likeness (QED) is 0.226. The molecule has 5 heteroatoms. The first-order valence-corrected chi connectivity index (χ1v) is 16.6. The Morgan fingerprint density at radius 1 is 0.929 bits per heavy atom. The number of halogens is 1. The molecular formula is C37H45FO3S. The largest absolute Gasteiger partial charge is 0.490 e. The monoisotopic (exact) mass is 588 g/mol. The normalized spacial score (nSPS) is 20.1. The van der Waals surface area contributed by atoms with Gasteiger partial charge in [0.05, 0.1) is 12.8 Å². The van der Waals surface area contributed by atoms with Gasteiger partial charge in [0.1, 0.15) is 11.5 Å². The van der Waals surface area contributed by atoms with Gasteiger partial charge in [0.25, 0.3) is 0 Å². The molecule has 0 aromatic heterocycles. The predicted octanol–water partition coefficient (Wildman–Crippen LogP) is 9.66. The van der Waals surface area contributed by atoms with Crippen LogP contribution in [0.1, 0.15) is 87.1 Å². The molecule has 2 unspecified atom stereocenters. The zero-order chi connectivity index (χ0) is 29.6. The summed E-state index contributed by atoms with van der Waals surface area (Å²) in [6.45, 7) is 8.10. The lowest BCUT2D eigenvalue weighted by Gasteiger charge is -2.32. The smallest absolute Gasteiger partial charge is 0.194 e. The van der Waals surface area contributed by atoms with Crippen LogP contribution in [-0.4, -0.2) is 29.9 Å². The van der Waals surface area contributed by atoms with Gasteiger partial charge in [-0.3, -0.25) is 4.39 Å². The molecule has 1 fully saturated rings. The lowest BCUT2D eigenvalue weighted by Crippen LogP contribution is -2.27. The molecular weight excluding hydrogens is 543 g/mol. The summed E-state index contributed by atoms with van der Waals surface area (Å²) in [4.78, 5) is 1.16. The third-order valence-electron chi connectivity index (χ3n) is 8.93. The summed E-state index contributed by atoms with van der Waals surface area (Å²) < 4.78 is 24.7. The van der Waals surface area contributed by atoms with Crippen molar-refractivity contribution in [2.24, 2.45) is 11.8 Å². The fraction of sp³-hybridized carbons (Fsp3) is 0.459. The summed E-state index contributed by atoms with van der Waals surface area (Å²) >= 11 is 1.82. The van der Waals surface area contributed by atoms with Crippen LogP contribution >= 0.6 is 11.8 Å². The number of thioether (sulfide) groups is 1. The number of benzene rings is 3. The molecule has 0 saturated heterocycles. The van der Waals surface area contributed by atoms with E-state index in [1.54, 1.807) is 6.92 Å². The van der Waals surface area contributed by atoms with E-state index >= 15 is 0 Å². The fourth-order valence-corrected chi connectivity index (χ4v) is 7.76. The average molecular weight is 589 g/mol. The van der Waals surface area contributed by atoms with Gasteiger partial charge in [-0.25, -0.2) is 0 Å². The van der Waals surface area contributed by atoms with Gasteiger partial charge in [-0.05, 0) is 134 Å². The molecule has 224 valence electrons. The van der Waals surface area contributed by atoms with Crippen molar-refractivity contribution in [2.45, 2.75) is 89.9 Å². The van der Waals surface area contributed by atoms with Crippen molar-refractivity contribution in [1.82, 2.24) is 0 Å². The number of alkyl halides is 1. The molecule has 3 aromatic rings. The van der Waals surface area contributed by atoms with E-state index in [2.05, 4.69) is 69.3 Å². The Bertz CT molecular complexity index is 1370. The van der Waals surface area contributed by atoms with Gasteiger partial charge < -0.3 is 14.6 Å². The molecule has 0 bridgehead atoms. The molecule has 5 rings (SSSR count). The third kappa shape index (κ3) is 7.23. The predicted molar refractivity (Wildman–Crippen MR) is 173 cm³/mol. The van der Waals surface area contributed by atoms with Gasteiger partial charge in [0.2, 0.25) is 0 Å². The first-order chi connectivity index (χ1) is 20.4. The second-order valence-electron chi connectivity index (χ2n) is 12.0. The van der Waals surface area contributed by atoms with E-state index in [9.17, 15) is 9.50 Å². The van der Waals surface area contributed by atoms with Crippen molar-refractivity contribution in [3.63, 3.8) is 0 Å². The van der Waals surface area contributed by atoms with Gasteiger partial charge in [-0.15, -0.1) is 11.8 Å². The first kappa shape index (κ1) is 30.7. The van der Waals surface area contributed by atoms with E-state index in [0.717, 1.165) is 54.9 Å². The second kappa shape index (κ2) is 14.1. The van der Waals surface area contributed by atoms with E-state index in [1.165, 1.54) is 39.0 Å². The van der Waals surface area contributed by atoms with Crippen LogP contribution in [0.15, 0.2) is 65.6 Å². The molecule has 1 aliphatic carbocycles. The highest BCUT2D eigenvalue weighted by molar-refractivity contribution is 7.99. The summed E-state index contributed by atoms with van der Waals surface area (Å²) in [5.41, 5.74) is 8.94. The van der Waals surface area contributed by atoms with Crippen LogP contribution in [0.5, 0.6) is 11.5 Å². The third-order valence-corrected chi connectivity index (χ3v) is 10.0. The molecule has 3 nitrogen and oxygen atoms in total. The van der Waals surface area contributed by atoms with Gasteiger partial charge in [-0.2, -0.15) is 0 Å². The maximum Gasteiger partial charge on any atom is 0.194 e. The van der Waals surface area contributed by atoms with Crippen LogP contribution in [-0.2, 0) is 6.42 Å². The van der Waals surface area contributed by atoms with E-state index in [0.29, 0.717) is 24.0 Å². The Hall–Kier alpha value is -2.76. The van der Waals surface area contributed by atoms with Gasteiger partial charge in [0.15, 0.2) is 6.29 Å². The van der Waals surface area contributed by atoms with Crippen molar-refractivity contribution in [1.29, 1.82) is 0 Å². The maximum atomic E-state index is 12.6. The Morgan fingerprint density at radius 3 is 2.33 bits per heavy atom. The number of hydrogen-bond donors (Lipinski definition) is 1. The minimum Gasteiger partial charge on any atom is -0.490 e. The van der Waals surface area contributed by atoms with Crippen LogP contribution < -0.4 is 9.47 Å². The zero-order valence-electron chi connectivity index (χ0n) is 25.5. The number of hydrogen-bond acceptors (Lipinski definition) is 4. The number of aliphatic hydroxyl groups excluding tert-OH is 1. The summed E-state index contributed by atoms with van der Waals surface area (Å²) in [5, 5.41) is 9.76. The van der Waals surface area contributed by atoms with Crippen LogP contribution in [0, 0.1) is 18.8 Å². The van der Waals surface area contributed by atoms with Gasteiger partial charge in [0, 0.05) is 10.6 Å².